The van der Waals surface area contributed by atoms with E-state index in [2.05, 4.69) is 51.8 Å². The van der Waals surface area contributed by atoms with E-state index < -0.39 is 0 Å². The van der Waals surface area contributed by atoms with Gasteiger partial charge in [0.15, 0.2) is 3.83 Å². The highest BCUT2D eigenvalue weighted by molar-refractivity contribution is 14.1. The van der Waals surface area contributed by atoms with Crippen molar-refractivity contribution in [3.8, 4) is 11.8 Å². The Morgan fingerprint density at radius 1 is 1.00 bits per heavy atom. The normalized spacial score (nSPS) is 9.50. The van der Waals surface area contributed by atoms with Gasteiger partial charge in [-0.3, -0.25) is 0 Å². The lowest BCUT2D eigenvalue weighted by atomic mass is 10.6. The summed E-state index contributed by atoms with van der Waals surface area (Å²) in [5, 5.41) is 0.181. The second-order valence-electron chi connectivity index (χ2n) is 2.99. The van der Waals surface area contributed by atoms with Crippen molar-refractivity contribution >= 4 is 66.1 Å². The molecule has 0 saturated carbocycles. The second kappa shape index (κ2) is 8.90. The number of hydrogen-bond acceptors (Lipinski definition) is 6. The summed E-state index contributed by atoms with van der Waals surface area (Å²) in [5.41, 5.74) is 0. The van der Waals surface area contributed by atoms with E-state index in [1.165, 1.54) is 13.3 Å². The van der Waals surface area contributed by atoms with E-state index in [1.807, 2.05) is 22.6 Å². The van der Waals surface area contributed by atoms with Gasteiger partial charge in [-0.05, 0) is 43.5 Å². The smallest absolute Gasteiger partial charge is 0.232 e. The molecule has 2 rings (SSSR count). The molecule has 0 atom stereocenters. The second-order valence-corrected chi connectivity index (χ2v) is 6.00. The molecule has 2 heterocycles. The molecular formula is C10H8Br2ClIN4O2. The van der Waals surface area contributed by atoms with Gasteiger partial charge in [0.25, 0.3) is 0 Å². The maximum absolute atomic E-state index is 5.47. The highest BCUT2D eigenvalue weighted by Crippen LogP contribution is 2.21. The summed E-state index contributed by atoms with van der Waals surface area (Å²) in [6, 6.07) is 0. The van der Waals surface area contributed by atoms with E-state index in [1.54, 1.807) is 13.3 Å². The van der Waals surface area contributed by atoms with Gasteiger partial charge in [-0.1, -0.05) is 0 Å². The van der Waals surface area contributed by atoms with Gasteiger partial charge in [-0.15, -0.1) is 0 Å². The minimum atomic E-state index is 0.181. The number of aromatic nitrogens is 4. The number of ether oxygens (including phenoxy) is 2. The Labute approximate surface area is 151 Å². The molecule has 2 aromatic rings. The molecule has 0 aliphatic heterocycles. The van der Waals surface area contributed by atoms with Gasteiger partial charge in [-0.2, -0.15) is 9.97 Å². The minimum Gasteiger partial charge on any atom is -0.480 e. The van der Waals surface area contributed by atoms with Crippen molar-refractivity contribution in [2.75, 3.05) is 14.2 Å². The summed E-state index contributed by atoms with van der Waals surface area (Å²) in [7, 11) is 3.09. The lowest BCUT2D eigenvalue weighted by Crippen LogP contribution is -1.92. The molecule has 108 valence electrons. The van der Waals surface area contributed by atoms with Crippen LogP contribution in [0.25, 0.3) is 0 Å². The Morgan fingerprint density at radius 2 is 1.50 bits per heavy atom. The van der Waals surface area contributed by atoms with Crippen LogP contribution in [-0.4, -0.2) is 34.2 Å². The molecule has 0 bridgehead atoms. The first-order chi connectivity index (χ1) is 9.47. The van der Waals surface area contributed by atoms with Gasteiger partial charge in [0, 0.05) is 35.0 Å². The molecule has 0 aliphatic rings. The van der Waals surface area contributed by atoms with Gasteiger partial charge in [-0.25, -0.2) is 9.97 Å². The van der Waals surface area contributed by atoms with Gasteiger partial charge >= 0.3 is 0 Å². The van der Waals surface area contributed by atoms with Crippen LogP contribution in [0.15, 0.2) is 21.3 Å². The van der Waals surface area contributed by atoms with E-state index in [0.717, 1.165) is 4.47 Å². The number of hydrogen-bond donors (Lipinski definition) is 0. The summed E-state index contributed by atoms with van der Waals surface area (Å²) < 4.78 is 11.9. The first-order valence-corrected chi connectivity index (χ1v) is 7.96. The number of rotatable bonds is 2. The van der Waals surface area contributed by atoms with Gasteiger partial charge < -0.3 is 9.47 Å². The molecule has 2 aromatic heterocycles. The van der Waals surface area contributed by atoms with E-state index in [9.17, 15) is 0 Å². The van der Waals surface area contributed by atoms with E-state index in [0.29, 0.717) is 20.1 Å². The maximum atomic E-state index is 5.47. The average Bonchev–Trinajstić information content (AvgIpc) is 2.44. The number of methoxy groups -OCH3 is 2. The average molecular weight is 538 g/mol. The number of nitrogens with zero attached hydrogens (tertiary/aromatic N) is 4. The predicted molar refractivity (Wildman–Crippen MR) is 90.3 cm³/mol. The largest absolute Gasteiger partial charge is 0.480 e. The number of halogens is 4. The third-order valence-electron chi connectivity index (χ3n) is 1.75. The zero-order chi connectivity index (χ0) is 15.1. The van der Waals surface area contributed by atoms with Crippen LogP contribution < -0.4 is 9.47 Å². The Hall–Kier alpha value is -0.260. The lowest BCUT2D eigenvalue weighted by Gasteiger charge is -1.99. The fourth-order valence-corrected chi connectivity index (χ4v) is 2.14. The van der Waals surface area contributed by atoms with Crippen LogP contribution in [0.3, 0.4) is 0 Å². The molecule has 0 aliphatic carbocycles. The molecule has 0 amide bonds. The summed E-state index contributed by atoms with van der Waals surface area (Å²) >= 11 is 13.9. The van der Waals surface area contributed by atoms with Crippen molar-refractivity contribution in [2.24, 2.45) is 0 Å². The van der Waals surface area contributed by atoms with Crippen LogP contribution in [0.4, 0.5) is 0 Å². The quantitative estimate of drug-likeness (QED) is 0.429. The topological polar surface area (TPSA) is 70.0 Å². The van der Waals surface area contributed by atoms with Gasteiger partial charge in [0.05, 0.1) is 23.2 Å². The molecule has 0 N–H and O–H groups in total. The maximum Gasteiger partial charge on any atom is 0.232 e. The standard InChI is InChI=1S/C5H4BrClN2O.C5H4BrIN2O/c2*1-10-4-3(6)2-8-5(7)9-4/h2*2H,1H3. The van der Waals surface area contributed by atoms with Crippen LogP contribution in [-0.2, 0) is 0 Å². The third kappa shape index (κ3) is 5.62. The highest BCUT2D eigenvalue weighted by atomic mass is 127. The van der Waals surface area contributed by atoms with Crippen LogP contribution in [0.5, 0.6) is 11.8 Å². The van der Waals surface area contributed by atoms with Crippen molar-refractivity contribution < 1.29 is 9.47 Å². The highest BCUT2D eigenvalue weighted by Gasteiger charge is 2.01. The molecule has 0 saturated heterocycles. The lowest BCUT2D eigenvalue weighted by molar-refractivity contribution is 0.392. The Bertz CT molecular complexity index is 540. The van der Waals surface area contributed by atoms with Gasteiger partial charge in [0.2, 0.25) is 17.0 Å². The summed E-state index contributed by atoms with van der Waals surface area (Å²) in [5.74, 6) is 1.01. The summed E-state index contributed by atoms with van der Waals surface area (Å²) in [6.45, 7) is 0. The van der Waals surface area contributed by atoms with Crippen LogP contribution in [0.1, 0.15) is 0 Å². The van der Waals surface area contributed by atoms with Crippen LogP contribution in [0, 0.1) is 3.83 Å². The monoisotopic (exact) mass is 536 g/mol. The molecule has 20 heavy (non-hydrogen) atoms. The van der Waals surface area contributed by atoms with Crippen LogP contribution >= 0.6 is 66.1 Å². The fourth-order valence-electron chi connectivity index (χ4n) is 0.949. The van der Waals surface area contributed by atoms with Crippen molar-refractivity contribution in [1.82, 2.24) is 19.9 Å². The zero-order valence-electron chi connectivity index (χ0n) is 10.3. The SMILES string of the molecule is COc1nc(Cl)ncc1Br.COc1nc(I)ncc1Br. The summed E-state index contributed by atoms with van der Waals surface area (Å²) in [6.07, 6.45) is 3.20. The molecule has 0 unspecified atom stereocenters. The zero-order valence-corrected chi connectivity index (χ0v) is 16.4. The Balaban J connectivity index is 0.000000200. The van der Waals surface area contributed by atoms with Crippen molar-refractivity contribution in [3.63, 3.8) is 0 Å². The first kappa shape index (κ1) is 17.8. The molecular weight excluding hydrogens is 530 g/mol. The van der Waals surface area contributed by atoms with Gasteiger partial charge in [0.1, 0.15) is 0 Å². The molecule has 0 radical (unpaired) electrons. The van der Waals surface area contributed by atoms with E-state index >= 15 is 0 Å². The fraction of sp³-hybridized carbons (Fsp3) is 0.200. The first-order valence-electron chi connectivity index (χ1n) is 4.92. The Morgan fingerprint density at radius 3 is 1.95 bits per heavy atom. The third-order valence-corrected chi connectivity index (χ3v) is 3.54. The minimum absolute atomic E-state index is 0.181. The van der Waals surface area contributed by atoms with E-state index in [-0.39, 0.29) is 5.28 Å². The molecule has 0 spiro atoms. The molecule has 6 nitrogen and oxygen atoms in total. The molecule has 0 fully saturated rings. The molecule has 10 heteroatoms. The Kier molecular flexibility index (Phi) is 7.92. The van der Waals surface area contributed by atoms with Crippen molar-refractivity contribution in [2.45, 2.75) is 0 Å². The van der Waals surface area contributed by atoms with Crippen molar-refractivity contribution in [3.05, 3.63) is 30.5 Å². The molecule has 0 aromatic carbocycles. The van der Waals surface area contributed by atoms with E-state index in [4.69, 9.17) is 21.1 Å². The predicted octanol–water partition coefficient (Wildman–Crippen LogP) is 3.75. The summed E-state index contributed by atoms with van der Waals surface area (Å²) in [4.78, 5) is 15.4. The van der Waals surface area contributed by atoms with Crippen molar-refractivity contribution in [1.29, 1.82) is 0 Å². The van der Waals surface area contributed by atoms with Crippen LogP contribution in [0.2, 0.25) is 5.28 Å².